The van der Waals surface area contributed by atoms with E-state index in [1.807, 2.05) is 0 Å². The number of hydrogen-bond acceptors (Lipinski definition) is 18. The van der Waals surface area contributed by atoms with Crippen LogP contribution in [0, 0.1) is 5.92 Å². The number of nitrogen functional groups attached to an aromatic ring is 1. The van der Waals surface area contributed by atoms with Crippen LogP contribution in [-0.4, -0.2) is 117 Å². The zero-order valence-corrected chi connectivity index (χ0v) is 36.1. The molecule has 28 heteroatoms. The van der Waals surface area contributed by atoms with Crippen molar-refractivity contribution in [2.75, 3.05) is 24.3 Å². The number of benzene rings is 1. The first-order chi connectivity index (χ1) is 29.9. The fourth-order valence-electron chi connectivity index (χ4n) is 7.18. The monoisotopic (exact) mass is 938 g/mol. The molecule has 12 atom stereocenters. The molecule has 2 amide bonds. The lowest BCUT2D eigenvalue weighted by atomic mass is 10.0. The van der Waals surface area contributed by atoms with E-state index in [0.717, 1.165) is 28.1 Å². The molecule has 0 radical (unpaired) electrons. The average Bonchev–Trinajstić information content (AvgIpc) is 4.03. The Morgan fingerprint density at radius 1 is 0.937 bits per heavy atom. The first kappa shape index (κ1) is 44.8. The van der Waals surface area contributed by atoms with E-state index >= 15 is 8.78 Å². The standard InChI is InChI=1S/C35H42F2N12O11P2S/c1-15(2)23(38)32(51)46-16(3)31(50)47-18-6-4-17(5-7-18)10-63-62(55)57-9-20-27(22(37)35(59-20)48-13-44-24-28(39)40-11-41-29(24)48)61(53,54)56-8-19-26(60-62)21(36)34(58-19)49-14-45-25-30(49)42-12-43-33(25)52/h4-7,11-16,19-23,26-27,34-35H,8-10,38H2,1-3H3,(H,46,51)(H,47,50)(H,53,54)(H2,39,40,41)(H,42,43,52)/t16-,19+,20+,21+,22+,23-,26+,27+,34+,35+,62?/m0/s1. The van der Waals surface area contributed by atoms with Crippen molar-refractivity contribution >= 4 is 71.4 Å². The number of alkyl halides is 2. The van der Waals surface area contributed by atoms with E-state index < -0.39 is 106 Å². The van der Waals surface area contributed by atoms with Gasteiger partial charge in [-0.3, -0.25) is 37.1 Å². The lowest BCUT2D eigenvalue weighted by Gasteiger charge is -2.25. The first-order valence-corrected chi connectivity index (χ1v) is 24.1. The molecule has 23 nitrogen and oxygen atoms in total. The predicted molar refractivity (Wildman–Crippen MR) is 220 cm³/mol. The highest BCUT2D eigenvalue weighted by Crippen LogP contribution is 2.66. The van der Waals surface area contributed by atoms with Gasteiger partial charge >= 0.3 is 14.4 Å². The van der Waals surface area contributed by atoms with Gasteiger partial charge in [0.05, 0.1) is 38.2 Å². The van der Waals surface area contributed by atoms with Gasteiger partial charge in [0.15, 0.2) is 47.4 Å². The third kappa shape index (κ3) is 8.88. The van der Waals surface area contributed by atoms with Gasteiger partial charge in [0.2, 0.25) is 11.8 Å². The zero-order chi connectivity index (χ0) is 45.0. The van der Waals surface area contributed by atoms with Crippen molar-refractivity contribution in [3.8, 4) is 0 Å². The van der Waals surface area contributed by atoms with Crippen LogP contribution < -0.4 is 27.7 Å². The summed E-state index contributed by atoms with van der Waals surface area (Å²) in [5.74, 6) is -1.24. The zero-order valence-electron chi connectivity index (χ0n) is 33.5. The molecule has 0 bridgehead atoms. The van der Waals surface area contributed by atoms with E-state index in [1.54, 1.807) is 38.1 Å². The van der Waals surface area contributed by atoms with Gasteiger partial charge in [0.1, 0.15) is 41.9 Å². The summed E-state index contributed by atoms with van der Waals surface area (Å²) in [6.45, 7) is -1.20. The highest BCUT2D eigenvalue weighted by Gasteiger charge is 2.59. The number of nitrogens with zero attached hydrogens (tertiary/aromatic N) is 7. The molecule has 3 aliphatic rings. The molecule has 8 N–H and O–H groups in total. The van der Waals surface area contributed by atoms with Gasteiger partial charge < -0.3 is 46.0 Å². The highest BCUT2D eigenvalue weighted by atomic mass is 32.7. The quantitative estimate of drug-likeness (QED) is 0.110. The van der Waals surface area contributed by atoms with E-state index in [-0.39, 0.29) is 39.8 Å². The minimum Gasteiger partial charge on any atom is -0.382 e. The minimum absolute atomic E-state index is 0.0130. The summed E-state index contributed by atoms with van der Waals surface area (Å²) < 4.78 is 93.9. The number of aromatic nitrogens is 8. The van der Waals surface area contributed by atoms with Gasteiger partial charge in [-0.25, -0.2) is 38.3 Å². The van der Waals surface area contributed by atoms with Crippen molar-refractivity contribution in [1.82, 2.24) is 44.4 Å². The van der Waals surface area contributed by atoms with Crippen molar-refractivity contribution in [2.24, 2.45) is 11.7 Å². The molecule has 5 aromatic rings. The number of nitrogens with one attached hydrogen (secondary N) is 3. The summed E-state index contributed by atoms with van der Waals surface area (Å²) in [7, 11) is -5.09. The van der Waals surface area contributed by atoms with E-state index in [2.05, 4.69) is 40.5 Å². The Hall–Kier alpha value is -4.75. The molecule has 4 aromatic heterocycles. The first-order valence-electron chi connectivity index (χ1n) is 19.4. The van der Waals surface area contributed by atoms with Crippen LogP contribution in [0.2, 0.25) is 0 Å². The number of aromatic amines is 1. The fourth-order valence-corrected chi connectivity index (χ4v) is 12.2. The lowest BCUT2D eigenvalue weighted by Crippen LogP contribution is -2.50. The van der Waals surface area contributed by atoms with Crippen LogP contribution in [0.5, 0.6) is 0 Å². The Labute approximate surface area is 359 Å². The van der Waals surface area contributed by atoms with Crippen LogP contribution in [0.3, 0.4) is 0 Å². The molecular formula is C35H42F2N12O11P2S. The molecule has 8 rings (SSSR count). The number of anilines is 2. The molecule has 2 unspecified atom stereocenters. The highest BCUT2D eigenvalue weighted by molar-refractivity contribution is 8.54. The second-order valence-electron chi connectivity index (χ2n) is 15.3. The number of ether oxygens (including phenoxy) is 2. The van der Waals surface area contributed by atoms with E-state index in [9.17, 15) is 28.4 Å². The smallest absolute Gasteiger partial charge is 0.382 e. The largest absolute Gasteiger partial charge is 0.389 e. The molecule has 0 aliphatic carbocycles. The Kier molecular flexibility index (Phi) is 12.6. The number of hydrogen-bond donors (Lipinski definition) is 6. The van der Waals surface area contributed by atoms with Gasteiger partial charge in [-0.05, 0) is 41.9 Å². The third-order valence-corrected chi connectivity index (χ3v) is 16.2. The van der Waals surface area contributed by atoms with Gasteiger partial charge in [0.25, 0.3) is 5.56 Å². The minimum atomic E-state index is -5.09. The maximum absolute atomic E-state index is 16.7. The van der Waals surface area contributed by atoms with Crippen LogP contribution >= 0.6 is 25.8 Å². The van der Waals surface area contributed by atoms with E-state index in [1.165, 1.54) is 13.3 Å². The van der Waals surface area contributed by atoms with Crippen molar-refractivity contribution in [1.29, 1.82) is 0 Å². The third-order valence-electron chi connectivity index (χ3n) is 10.7. The van der Waals surface area contributed by atoms with Crippen LogP contribution in [0.25, 0.3) is 22.3 Å². The van der Waals surface area contributed by atoms with Crippen LogP contribution in [0.15, 0.2) is 54.4 Å². The number of imidazole rings is 2. The number of carbonyl (C=O) groups excluding carboxylic acids is 2. The van der Waals surface area contributed by atoms with E-state index in [0.29, 0.717) is 22.6 Å². The fraction of sp³-hybridized carbons (Fsp3) is 0.486. The van der Waals surface area contributed by atoms with Crippen molar-refractivity contribution in [3.05, 3.63) is 65.5 Å². The molecule has 63 heavy (non-hydrogen) atoms. The second kappa shape index (κ2) is 17.7. The summed E-state index contributed by atoms with van der Waals surface area (Å²) in [6, 6.07) is 4.61. The topological polar surface area (TPSA) is 318 Å². The van der Waals surface area contributed by atoms with Gasteiger partial charge in [-0.15, -0.1) is 0 Å². The van der Waals surface area contributed by atoms with Crippen molar-refractivity contribution in [2.45, 2.75) is 87.4 Å². The number of nitrogens with two attached hydrogens (primary N) is 2. The SMILES string of the molecule is CC(C)[C@H](N)C(=O)N[C@@H](C)C(=O)Nc1ccc(CSP2(=O)OC[C@H]3O[C@@H](n4cnc5c(N)ncnc54)[C@H](F)[C@@H]3P(=O)(O)OC[C@H]3O[C@@H](n4cnc5c(=O)[nH]cnc54)[C@H](F)[C@@H]3O2)cc1. The summed E-state index contributed by atoms with van der Waals surface area (Å²) in [5.41, 5.74) is 10.1. The lowest BCUT2D eigenvalue weighted by molar-refractivity contribution is -0.127. The Morgan fingerprint density at radius 2 is 1.59 bits per heavy atom. The van der Waals surface area contributed by atoms with Crippen LogP contribution in [0.1, 0.15) is 38.8 Å². The van der Waals surface area contributed by atoms with Gasteiger partial charge in [-0.1, -0.05) is 26.0 Å². The summed E-state index contributed by atoms with van der Waals surface area (Å²) in [5, 5.41) is 5.28. The molecule has 0 spiro atoms. The van der Waals surface area contributed by atoms with Crippen molar-refractivity contribution in [3.63, 3.8) is 0 Å². The molecular weight excluding hydrogens is 896 g/mol. The normalized spacial score (nSPS) is 31.0. The van der Waals surface area contributed by atoms with E-state index in [4.69, 9.17) is 34.5 Å². The summed E-state index contributed by atoms with van der Waals surface area (Å²) in [6.07, 6.45) is -8.21. The van der Waals surface area contributed by atoms with Gasteiger partial charge in [-0.2, -0.15) is 0 Å². The molecule has 3 saturated heterocycles. The molecule has 3 fully saturated rings. The number of rotatable bonds is 10. The summed E-state index contributed by atoms with van der Waals surface area (Å²) >= 11 is 0.623. The number of amides is 2. The molecule has 7 heterocycles. The molecule has 1 aromatic carbocycles. The summed E-state index contributed by atoms with van der Waals surface area (Å²) in [4.78, 5) is 71.5. The second-order valence-corrected chi connectivity index (χ2v) is 21.3. The average molecular weight is 939 g/mol. The Balaban J connectivity index is 1.05. The Morgan fingerprint density at radius 3 is 2.30 bits per heavy atom. The molecule has 338 valence electrons. The molecule has 3 aliphatic heterocycles. The van der Waals surface area contributed by atoms with Crippen molar-refractivity contribution < 1.29 is 55.4 Å². The number of halogens is 2. The van der Waals surface area contributed by atoms with Crippen LogP contribution in [0.4, 0.5) is 20.3 Å². The van der Waals surface area contributed by atoms with Gasteiger partial charge in [0, 0.05) is 11.4 Å². The maximum atomic E-state index is 16.7. The molecule has 0 saturated carbocycles. The number of H-pyrrole nitrogens is 1. The number of fused-ring (bicyclic) bond motifs is 4. The number of carbonyl (C=O) groups is 2. The predicted octanol–water partition coefficient (Wildman–Crippen LogP) is 2.47. The maximum Gasteiger partial charge on any atom is 0.389 e. The van der Waals surface area contributed by atoms with Crippen LogP contribution in [-0.2, 0) is 47.5 Å². The Bertz CT molecular complexity index is 2680.